The molecule has 3 aromatic carbocycles. The van der Waals surface area contributed by atoms with Gasteiger partial charge in [-0.3, -0.25) is 0 Å². The van der Waals surface area contributed by atoms with Gasteiger partial charge in [0, 0.05) is 0 Å². The van der Waals surface area contributed by atoms with Crippen molar-refractivity contribution in [1.29, 1.82) is 0 Å². The lowest BCUT2D eigenvalue weighted by Crippen LogP contribution is -1.92. The zero-order valence-corrected chi connectivity index (χ0v) is 9.93. The van der Waals surface area contributed by atoms with Crippen LogP contribution in [0.2, 0.25) is 0 Å². The predicted molar refractivity (Wildman–Crippen MR) is 73.3 cm³/mol. The minimum atomic E-state index is 0.0101. The van der Waals surface area contributed by atoms with Crippen LogP contribution < -0.4 is 0 Å². The molecule has 0 aliphatic carbocycles. The minimum absolute atomic E-state index is 0.0101. The highest BCUT2D eigenvalue weighted by atomic mass is 16.3. The average Bonchev–Trinajstić information content (AvgIpc) is 2.45. The van der Waals surface area contributed by atoms with Crippen molar-refractivity contribution < 1.29 is 10.2 Å². The zero-order chi connectivity index (χ0) is 12.5. The lowest BCUT2D eigenvalue weighted by molar-refractivity contribution is 0.280. The molecule has 2 N–H and O–H groups in total. The quantitative estimate of drug-likeness (QED) is 0.674. The van der Waals surface area contributed by atoms with Gasteiger partial charge in [-0.25, -0.2) is 0 Å². The number of benzene rings is 3. The van der Waals surface area contributed by atoms with Gasteiger partial charge in [-0.15, -0.1) is 0 Å². The number of rotatable bonds is 2. The van der Waals surface area contributed by atoms with Crippen LogP contribution in [0.1, 0.15) is 11.1 Å². The molecule has 0 unspecified atom stereocenters. The molecule has 18 heavy (non-hydrogen) atoms. The summed E-state index contributed by atoms with van der Waals surface area (Å²) in [5.74, 6) is 0. The van der Waals surface area contributed by atoms with Gasteiger partial charge in [0.05, 0.1) is 13.2 Å². The maximum absolute atomic E-state index is 9.50. The summed E-state index contributed by atoms with van der Waals surface area (Å²) in [5.41, 5.74) is 1.80. The van der Waals surface area contributed by atoms with Crippen molar-refractivity contribution in [3.05, 3.63) is 59.7 Å². The monoisotopic (exact) mass is 238 g/mol. The highest BCUT2D eigenvalue weighted by molar-refractivity contribution is 6.10. The van der Waals surface area contributed by atoms with Crippen molar-refractivity contribution in [2.75, 3.05) is 0 Å². The largest absolute Gasteiger partial charge is 0.392 e. The Morgan fingerprint density at radius 3 is 2.17 bits per heavy atom. The Morgan fingerprint density at radius 2 is 1.39 bits per heavy atom. The van der Waals surface area contributed by atoms with Crippen molar-refractivity contribution in [3.8, 4) is 0 Å². The Labute approximate surface area is 105 Å². The van der Waals surface area contributed by atoms with Gasteiger partial charge in [0.15, 0.2) is 0 Å². The summed E-state index contributed by atoms with van der Waals surface area (Å²) in [7, 11) is 0. The smallest absolute Gasteiger partial charge is 0.0688 e. The Balaban J connectivity index is 2.54. The first-order valence-electron chi connectivity index (χ1n) is 5.99. The molecular formula is C16H14O2. The molecule has 0 amide bonds. The van der Waals surface area contributed by atoms with E-state index in [2.05, 4.69) is 18.2 Å². The second kappa shape index (κ2) is 4.41. The summed E-state index contributed by atoms with van der Waals surface area (Å²) in [4.78, 5) is 0. The fraction of sp³-hybridized carbons (Fsp3) is 0.125. The van der Waals surface area contributed by atoms with E-state index >= 15 is 0 Å². The predicted octanol–water partition coefficient (Wildman–Crippen LogP) is 2.98. The van der Waals surface area contributed by atoms with E-state index < -0.39 is 0 Å². The van der Waals surface area contributed by atoms with E-state index in [4.69, 9.17) is 0 Å². The lowest BCUT2D eigenvalue weighted by Gasteiger charge is -2.11. The van der Waals surface area contributed by atoms with E-state index in [0.717, 1.165) is 32.7 Å². The SMILES string of the molecule is OCc1ccc(CO)c2c1ccc1ccccc12. The summed E-state index contributed by atoms with van der Waals surface area (Å²) in [6.07, 6.45) is 0. The van der Waals surface area contributed by atoms with Crippen molar-refractivity contribution in [2.45, 2.75) is 13.2 Å². The van der Waals surface area contributed by atoms with E-state index in [1.807, 2.05) is 30.3 Å². The fourth-order valence-electron chi connectivity index (χ4n) is 2.53. The highest BCUT2D eigenvalue weighted by Crippen LogP contribution is 2.30. The van der Waals surface area contributed by atoms with Crippen LogP contribution in [0.3, 0.4) is 0 Å². The minimum Gasteiger partial charge on any atom is -0.392 e. The Kier molecular flexibility index (Phi) is 2.74. The van der Waals surface area contributed by atoms with E-state index in [0.29, 0.717) is 0 Å². The lowest BCUT2D eigenvalue weighted by atomic mass is 9.95. The van der Waals surface area contributed by atoms with Gasteiger partial charge in [-0.2, -0.15) is 0 Å². The normalized spacial score (nSPS) is 11.2. The van der Waals surface area contributed by atoms with Gasteiger partial charge in [-0.05, 0) is 32.7 Å². The standard InChI is InChI=1S/C16H14O2/c17-9-12-5-6-13(10-18)16-14-4-2-1-3-11(14)7-8-15(12)16/h1-8,17-18H,9-10H2. The van der Waals surface area contributed by atoms with E-state index in [1.165, 1.54) is 0 Å². The van der Waals surface area contributed by atoms with E-state index in [9.17, 15) is 10.2 Å². The first kappa shape index (κ1) is 11.2. The Bertz CT molecular complexity index is 717. The molecule has 2 heteroatoms. The topological polar surface area (TPSA) is 40.5 Å². The molecule has 0 heterocycles. The molecule has 0 radical (unpaired) electrons. The third kappa shape index (κ3) is 1.58. The third-order valence-electron chi connectivity index (χ3n) is 3.42. The van der Waals surface area contributed by atoms with Crippen LogP contribution in [-0.2, 0) is 13.2 Å². The summed E-state index contributed by atoms with van der Waals surface area (Å²) in [6.45, 7) is 0.0246. The zero-order valence-electron chi connectivity index (χ0n) is 9.93. The van der Waals surface area contributed by atoms with Crippen LogP contribution in [0.15, 0.2) is 48.5 Å². The molecule has 3 rings (SSSR count). The molecule has 0 spiro atoms. The number of hydrogen-bond acceptors (Lipinski definition) is 2. The van der Waals surface area contributed by atoms with E-state index in [1.54, 1.807) is 0 Å². The molecular weight excluding hydrogens is 224 g/mol. The van der Waals surface area contributed by atoms with Crippen LogP contribution in [-0.4, -0.2) is 10.2 Å². The molecule has 0 aliphatic rings. The number of hydrogen-bond donors (Lipinski definition) is 2. The summed E-state index contributed by atoms with van der Waals surface area (Å²) in [6, 6.07) is 15.9. The second-order valence-electron chi connectivity index (χ2n) is 4.41. The summed E-state index contributed by atoms with van der Waals surface area (Å²) >= 11 is 0. The number of aliphatic hydroxyl groups is 2. The maximum atomic E-state index is 9.50. The van der Waals surface area contributed by atoms with Crippen LogP contribution in [0.4, 0.5) is 0 Å². The molecule has 0 saturated heterocycles. The molecule has 0 saturated carbocycles. The van der Waals surface area contributed by atoms with Gasteiger partial charge >= 0.3 is 0 Å². The van der Waals surface area contributed by atoms with Crippen molar-refractivity contribution in [3.63, 3.8) is 0 Å². The van der Waals surface area contributed by atoms with Crippen molar-refractivity contribution >= 4 is 21.5 Å². The molecule has 90 valence electrons. The second-order valence-corrected chi connectivity index (χ2v) is 4.41. The van der Waals surface area contributed by atoms with E-state index in [-0.39, 0.29) is 13.2 Å². The van der Waals surface area contributed by atoms with Gasteiger partial charge < -0.3 is 10.2 Å². The van der Waals surface area contributed by atoms with Crippen LogP contribution >= 0.6 is 0 Å². The molecule has 0 atom stereocenters. The Morgan fingerprint density at radius 1 is 0.667 bits per heavy atom. The van der Waals surface area contributed by atoms with Gasteiger partial charge in [0.2, 0.25) is 0 Å². The van der Waals surface area contributed by atoms with Crippen LogP contribution in [0, 0.1) is 0 Å². The molecule has 0 fully saturated rings. The highest BCUT2D eigenvalue weighted by Gasteiger charge is 2.08. The summed E-state index contributed by atoms with van der Waals surface area (Å²) in [5, 5.41) is 23.2. The Hall–Kier alpha value is -1.90. The third-order valence-corrected chi connectivity index (χ3v) is 3.42. The molecule has 0 aliphatic heterocycles. The maximum Gasteiger partial charge on any atom is 0.0688 e. The summed E-state index contributed by atoms with van der Waals surface area (Å²) < 4.78 is 0. The van der Waals surface area contributed by atoms with Gasteiger partial charge in [0.25, 0.3) is 0 Å². The van der Waals surface area contributed by atoms with Crippen molar-refractivity contribution in [2.24, 2.45) is 0 Å². The number of fused-ring (bicyclic) bond motifs is 3. The van der Waals surface area contributed by atoms with Crippen LogP contribution in [0.25, 0.3) is 21.5 Å². The van der Waals surface area contributed by atoms with Crippen molar-refractivity contribution in [1.82, 2.24) is 0 Å². The first-order chi connectivity index (χ1) is 8.85. The molecule has 0 aromatic heterocycles. The molecule has 3 aromatic rings. The fourth-order valence-corrected chi connectivity index (χ4v) is 2.53. The molecule has 2 nitrogen and oxygen atoms in total. The van der Waals surface area contributed by atoms with Gasteiger partial charge in [-0.1, -0.05) is 48.5 Å². The first-order valence-corrected chi connectivity index (χ1v) is 5.99. The van der Waals surface area contributed by atoms with Crippen LogP contribution in [0.5, 0.6) is 0 Å². The average molecular weight is 238 g/mol. The molecule has 0 bridgehead atoms. The van der Waals surface area contributed by atoms with Gasteiger partial charge in [0.1, 0.15) is 0 Å². The number of aliphatic hydroxyl groups excluding tert-OH is 2.